The third-order valence-electron chi connectivity index (χ3n) is 2.74. The molecule has 0 aliphatic rings. The van der Waals surface area contributed by atoms with E-state index in [4.69, 9.17) is 0 Å². The summed E-state index contributed by atoms with van der Waals surface area (Å²) in [6.07, 6.45) is 2.22. The average molecular weight is 214 g/mol. The molecule has 84 valence electrons. The maximum atomic E-state index is 2.62. The van der Waals surface area contributed by atoms with E-state index in [0.29, 0.717) is 0 Å². The molecule has 0 saturated heterocycles. The summed E-state index contributed by atoms with van der Waals surface area (Å²) < 4.78 is 5.24. The lowest BCUT2D eigenvalue weighted by molar-refractivity contribution is 0.387. The fourth-order valence-corrected chi connectivity index (χ4v) is 4.63. The molecule has 0 saturated carbocycles. The van der Waals surface area contributed by atoms with Gasteiger partial charge in [-0.25, -0.2) is 0 Å². The molecule has 0 aliphatic carbocycles. The first-order valence-electron chi connectivity index (χ1n) is 5.85. The Balaban J connectivity index is 4.53. The second-order valence-corrected chi connectivity index (χ2v) is 6.05. The minimum atomic E-state index is -0.978. The van der Waals surface area contributed by atoms with Crippen LogP contribution in [0.25, 0.3) is 0 Å². The van der Waals surface area contributed by atoms with Crippen LogP contribution in [0.5, 0.6) is 0 Å². The highest BCUT2D eigenvalue weighted by Gasteiger charge is 2.20. The van der Waals surface area contributed by atoms with Gasteiger partial charge in [-0.1, -0.05) is 39.5 Å². The van der Waals surface area contributed by atoms with Gasteiger partial charge >= 0.3 is 0 Å². The lowest BCUT2D eigenvalue weighted by Gasteiger charge is -2.34. The lowest BCUT2D eigenvalue weighted by Crippen LogP contribution is -2.51. The molecular weight excluding hydrogens is 188 g/mol. The highest BCUT2D eigenvalue weighted by atomic mass is 28.3. The molecule has 0 aromatic rings. The van der Waals surface area contributed by atoms with E-state index in [-0.39, 0.29) is 0 Å². The average Bonchev–Trinajstić information content (AvgIpc) is 2.21. The van der Waals surface area contributed by atoms with Crippen molar-refractivity contribution in [2.45, 2.75) is 34.6 Å². The van der Waals surface area contributed by atoms with E-state index in [1.54, 1.807) is 0 Å². The van der Waals surface area contributed by atoms with Gasteiger partial charge in [0.25, 0.3) is 0 Å². The van der Waals surface area contributed by atoms with Crippen molar-refractivity contribution in [3.8, 4) is 0 Å². The Morgan fingerprint density at radius 3 is 1.43 bits per heavy atom. The minimum Gasteiger partial charge on any atom is -0.312 e. The van der Waals surface area contributed by atoms with Crippen molar-refractivity contribution >= 4 is 9.12 Å². The molecule has 0 unspecified atom stereocenters. The summed E-state index contributed by atoms with van der Waals surface area (Å²) in [4.78, 5) is 0. The highest BCUT2D eigenvalue weighted by molar-refractivity contribution is 6.58. The van der Waals surface area contributed by atoms with Crippen molar-refractivity contribution in [2.75, 3.05) is 26.2 Å². The van der Waals surface area contributed by atoms with Crippen molar-refractivity contribution in [1.82, 2.24) is 9.13 Å². The van der Waals surface area contributed by atoms with Crippen LogP contribution in [0.1, 0.15) is 34.6 Å². The Hall–Kier alpha value is -0.123. The molecule has 0 N–H and O–H groups in total. The summed E-state index contributed by atoms with van der Waals surface area (Å²) >= 11 is 0. The number of nitrogens with zero attached hydrogens (tertiary/aromatic N) is 2. The van der Waals surface area contributed by atoms with E-state index in [0.717, 1.165) is 0 Å². The lowest BCUT2D eigenvalue weighted by atomic mass is 10.7. The Kier molecular flexibility index (Phi) is 8.13. The molecule has 3 heteroatoms. The number of rotatable bonds is 7. The topological polar surface area (TPSA) is 6.48 Å². The van der Waals surface area contributed by atoms with Crippen LogP contribution in [0.4, 0.5) is 0 Å². The molecule has 0 aromatic carbocycles. The Morgan fingerprint density at radius 1 is 0.857 bits per heavy atom. The van der Waals surface area contributed by atoms with Gasteiger partial charge in [0.15, 0.2) is 0 Å². The van der Waals surface area contributed by atoms with Crippen LogP contribution in [0.15, 0.2) is 11.8 Å². The molecule has 0 aromatic heterocycles. The first-order valence-corrected chi connectivity index (χ1v) is 7.55. The zero-order valence-corrected chi connectivity index (χ0v) is 11.6. The summed E-state index contributed by atoms with van der Waals surface area (Å²) in [6, 6.07) is 0. The molecule has 0 bridgehead atoms. The van der Waals surface area contributed by atoms with Gasteiger partial charge < -0.3 is 9.13 Å². The molecular formula is C11H26N2Si. The smallest absolute Gasteiger partial charge is 0.215 e. The van der Waals surface area contributed by atoms with E-state index in [2.05, 4.69) is 55.5 Å². The summed E-state index contributed by atoms with van der Waals surface area (Å²) in [5.74, 6) is 0. The molecule has 0 radical (unpaired) electrons. The minimum absolute atomic E-state index is 0.978. The molecule has 0 rings (SSSR count). The van der Waals surface area contributed by atoms with Crippen LogP contribution >= 0.6 is 0 Å². The van der Waals surface area contributed by atoms with E-state index >= 15 is 0 Å². The quantitative estimate of drug-likeness (QED) is 0.598. The van der Waals surface area contributed by atoms with Gasteiger partial charge in [0, 0.05) is 0 Å². The van der Waals surface area contributed by atoms with Crippen LogP contribution in [-0.2, 0) is 0 Å². The van der Waals surface area contributed by atoms with Crippen LogP contribution < -0.4 is 0 Å². The largest absolute Gasteiger partial charge is 0.312 e. The van der Waals surface area contributed by atoms with Crippen LogP contribution in [0.3, 0.4) is 0 Å². The van der Waals surface area contributed by atoms with Crippen molar-refractivity contribution in [2.24, 2.45) is 0 Å². The number of hydrogen-bond acceptors (Lipinski definition) is 2. The van der Waals surface area contributed by atoms with Crippen LogP contribution in [0.2, 0.25) is 0 Å². The summed E-state index contributed by atoms with van der Waals surface area (Å²) in [5.41, 5.74) is 2.43. The van der Waals surface area contributed by atoms with Crippen molar-refractivity contribution in [3.63, 3.8) is 0 Å². The second kappa shape index (κ2) is 8.21. The molecule has 0 amide bonds. The normalized spacial score (nSPS) is 12.6. The third-order valence-corrected chi connectivity index (χ3v) is 6.42. The fourth-order valence-electron chi connectivity index (χ4n) is 1.84. The summed E-state index contributed by atoms with van der Waals surface area (Å²) in [7, 11) is -0.978. The van der Waals surface area contributed by atoms with E-state index in [1.165, 1.54) is 26.2 Å². The number of hydrogen-bond donors (Lipinski definition) is 0. The molecule has 2 nitrogen and oxygen atoms in total. The fraction of sp³-hybridized carbons (Fsp3) is 0.818. The monoisotopic (exact) mass is 214 g/mol. The predicted octanol–water partition coefficient (Wildman–Crippen LogP) is 2.01. The van der Waals surface area contributed by atoms with Gasteiger partial charge in [-0.2, -0.15) is 0 Å². The van der Waals surface area contributed by atoms with E-state index in [1.807, 2.05) is 0 Å². The van der Waals surface area contributed by atoms with Gasteiger partial charge in [-0.05, 0) is 33.1 Å². The van der Waals surface area contributed by atoms with E-state index in [9.17, 15) is 0 Å². The molecule has 14 heavy (non-hydrogen) atoms. The first-order chi connectivity index (χ1) is 6.74. The zero-order chi connectivity index (χ0) is 11.0. The van der Waals surface area contributed by atoms with Gasteiger partial charge in [-0.15, -0.1) is 0 Å². The number of allylic oxidation sites excluding steroid dienone is 1. The zero-order valence-electron chi connectivity index (χ0n) is 10.5. The molecule has 0 aliphatic heterocycles. The van der Waals surface area contributed by atoms with Gasteiger partial charge in [0.2, 0.25) is 9.12 Å². The SMILES string of the molecule is CC=C[SiH](N(CC)CC)N(CC)CC. The first kappa shape index (κ1) is 13.9. The Bertz CT molecular complexity index is 139. The molecule has 0 atom stereocenters. The molecule has 0 heterocycles. The predicted molar refractivity (Wildman–Crippen MR) is 67.8 cm³/mol. The van der Waals surface area contributed by atoms with E-state index < -0.39 is 9.12 Å². The Labute approximate surface area is 91.4 Å². The van der Waals surface area contributed by atoms with Crippen LogP contribution in [0, 0.1) is 0 Å². The van der Waals surface area contributed by atoms with Crippen molar-refractivity contribution in [1.29, 1.82) is 0 Å². The summed E-state index contributed by atoms with van der Waals surface area (Å²) in [6.45, 7) is 15.9. The maximum Gasteiger partial charge on any atom is 0.215 e. The Morgan fingerprint density at radius 2 is 1.21 bits per heavy atom. The molecule has 0 spiro atoms. The van der Waals surface area contributed by atoms with Crippen LogP contribution in [-0.4, -0.2) is 44.4 Å². The standard InChI is InChI=1S/C11H26N2Si/c1-6-11-14(12(7-2)8-3)13(9-4)10-5/h6,11,14H,7-10H2,1-5H3. The second-order valence-electron chi connectivity index (χ2n) is 3.38. The maximum absolute atomic E-state index is 2.62. The third kappa shape index (κ3) is 3.94. The molecule has 0 fully saturated rings. The highest BCUT2D eigenvalue weighted by Crippen LogP contribution is 2.03. The van der Waals surface area contributed by atoms with Crippen molar-refractivity contribution in [3.05, 3.63) is 11.8 Å². The van der Waals surface area contributed by atoms with Gasteiger partial charge in [-0.3, -0.25) is 0 Å². The van der Waals surface area contributed by atoms with Gasteiger partial charge in [0.1, 0.15) is 0 Å². The van der Waals surface area contributed by atoms with Gasteiger partial charge in [0.05, 0.1) is 0 Å². The van der Waals surface area contributed by atoms with Crippen molar-refractivity contribution < 1.29 is 0 Å². The summed E-state index contributed by atoms with van der Waals surface area (Å²) in [5, 5.41) is 0.